The first-order chi connectivity index (χ1) is 21.3. The molecule has 18 nitrogen and oxygen atoms in total. The van der Waals surface area contributed by atoms with Gasteiger partial charge in [0.15, 0.2) is 12.2 Å². The molecule has 0 unspecified atom stereocenters. The highest BCUT2D eigenvalue weighted by atomic mass is 16.7. The molecular formula is C27H53N9O9. The maximum absolute atomic E-state index is 12.9. The van der Waals surface area contributed by atoms with Crippen molar-refractivity contribution in [3.63, 3.8) is 0 Å². The molecule has 0 spiro atoms. The first-order valence-corrected chi connectivity index (χ1v) is 15.3. The number of hydrogen-bond donors (Lipinski definition) is 12. The monoisotopic (exact) mass is 647 g/mol. The van der Waals surface area contributed by atoms with Crippen LogP contribution in [-0.4, -0.2) is 145 Å². The Kier molecular flexibility index (Phi) is 14.2. The molecule has 18 heteroatoms. The van der Waals surface area contributed by atoms with Gasteiger partial charge in [-0.3, -0.25) is 9.79 Å². The molecule has 3 aliphatic rings. The van der Waals surface area contributed by atoms with Crippen molar-refractivity contribution >= 4 is 11.9 Å². The first-order valence-electron chi connectivity index (χ1n) is 15.3. The molecule has 260 valence electrons. The number of nitrogens with zero attached hydrogens (tertiary/aromatic N) is 1. The Morgan fingerprint density at radius 2 is 1.89 bits per heavy atom. The average Bonchev–Trinajstić information content (AvgIpc) is 2.97. The highest BCUT2D eigenvalue weighted by Crippen LogP contribution is 2.32. The molecule has 1 amide bonds. The molecule has 2 aliphatic heterocycles. The van der Waals surface area contributed by atoms with Crippen molar-refractivity contribution in [1.82, 2.24) is 16.0 Å². The number of aliphatic hydroxyl groups is 4. The van der Waals surface area contributed by atoms with E-state index in [9.17, 15) is 25.2 Å². The van der Waals surface area contributed by atoms with Crippen LogP contribution in [0.3, 0.4) is 0 Å². The Labute approximate surface area is 263 Å². The minimum Gasteiger partial charge on any atom is -0.467 e. The number of ether oxygens (including phenoxy) is 4. The molecule has 2 heterocycles. The third-order valence-electron chi connectivity index (χ3n) is 8.16. The molecule has 2 fully saturated rings. The van der Waals surface area contributed by atoms with E-state index < -0.39 is 78.8 Å². The van der Waals surface area contributed by atoms with Crippen molar-refractivity contribution in [3.05, 3.63) is 11.8 Å². The average molecular weight is 648 g/mol. The third kappa shape index (κ3) is 10.1. The van der Waals surface area contributed by atoms with Crippen LogP contribution < -0.4 is 44.6 Å². The quantitative estimate of drug-likeness (QED) is 0.0447. The third-order valence-corrected chi connectivity index (χ3v) is 8.16. The van der Waals surface area contributed by atoms with Crippen LogP contribution in [0.4, 0.5) is 0 Å². The summed E-state index contributed by atoms with van der Waals surface area (Å²) in [5.41, 5.74) is 27.5. The predicted molar refractivity (Wildman–Crippen MR) is 163 cm³/mol. The number of likely N-dealkylation sites (N-methyl/N-ethyl adjacent to an activating group) is 1. The van der Waals surface area contributed by atoms with Crippen LogP contribution in [0.25, 0.3) is 0 Å². The van der Waals surface area contributed by atoms with E-state index in [0.29, 0.717) is 31.8 Å². The fraction of sp³-hybridized carbons (Fsp3) is 0.852. The standard InChI is InChI=1S/C27H53N9O9/c1-27(41)12-42-25(19(39)22(27)33-2)45-21-16(36-23(40)17(37)6-9-35-26(31)32)10-15(30)20(18(21)38)44-24-14(29)5-4-13(43-24)11-34-8-3-7-28/h4,14-22,24-25,33-34,37-39,41H,3,5-12,28-30H2,1-2H3,(H,36,40)(H4,31,32,35)/t14-,15+,16-,17+,18+,19-,20-,21+,22-,24-,25-,27+/m1/s1. The van der Waals surface area contributed by atoms with Crippen molar-refractivity contribution in [3.8, 4) is 0 Å². The maximum atomic E-state index is 12.9. The number of aliphatic hydroxyl groups excluding tert-OH is 3. The van der Waals surface area contributed by atoms with Crippen LogP contribution in [0.1, 0.15) is 32.6 Å². The van der Waals surface area contributed by atoms with Crippen LogP contribution >= 0.6 is 0 Å². The van der Waals surface area contributed by atoms with E-state index in [1.165, 1.54) is 6.92 Å². The van der Waals surface area contributed by atoms with Gasteiger partial charge < -0.3 is 84.0 Å². The zero-order chi connectivity index (χ0) is 33.3. The molecule has 0 aromatic carbocycles. The van der Waals surface area contributed by atoms with Crippen LogP contribution in [0.2, 0.25) is 0 Å². The summed E-state index contributed by atoms with van der Waals surface area (Å²) in [6.07, 6.45) is -5.79. The number of aliphatic imine (C=N–C) groups is 1. The van der Waals surface area contributed by atoms with Gasteiger partial charge in [0.25, 0.3) is 0 Å². The summed E-state index contributed by atoms with van der Waals surface area (Å²) in [6, 6.07) is -3.18. The van der Waals surface area contributed by atoms with Crippen molar-refractivity contribution < 1.29 is 44.2 Å². The number of nitrogens with one attached hydrogen (secondary N) is 3. The second-order valence-electron chi connectivity index (χ2n) is 12.0. The molecule has 1 saturated heterocycles. The lowest BCUT2D eigenvalue weighted by atomic mass is 9.83. The van der Waals surface area contributed by atoms with Crippen molar-refractivity contribution in [1.29, 1.82) is 0 Å². The molecule has 1 saturated carbocycles. The Morgan fingerprint density at radius 1 is 1.18 bits per heavy atom. The lowest BCUT2D eigenvalue weighted by Gasteiger charge is -2.48. The summed E-state index contributed by atoms with van der Waals surface area (Å²) in [5.74, 6) is -0.330. The SMILES string of the molecule is CN[C@@H]1[C@@H](O)[C@@H](O[C@@H]2[C@@H](O)[C@H](O[C@H]3OC(CNCCCN)=CC[C@H]3N)[C@@H](N)C[C@H]2NC(=O)[C@@H](O)CCN=C(N)N)OC[C@]1(C)O. The maximum Gasteiger partial charge on any atom is 0.249 e. The van der Waals surface area contributed by atoms with Gasteiger partial charge in [-0.15, -0.1) is 0 Å². The molecule has 3 rings (SSSR count). The Hall–Kier alpha value is -2.20. The van der Waals surface area contributed by atoms with Gasteiger partial charge in [-0.1, -0.05) is 0 Å². The van der Waals surface area contributed by atoms with Gasteiger partial charge in [0, 0.05) is 19.0 Å². The van der Waals surface area contributed by atoms with E-state index >= 15 is 0 Å². The summed E-state index contributed by atoms with van der Waals surface area (Å²) in [6.45, 7) is 3.01. The lowest BCUT2D eigenvalue weighted by molar-refractivity contribution is -0.304. The minimum atomic E-state index is -1.48. The highest BCUT2D eigenvalue weighted by Gasteiger charge is 2.52. The van der Waals surface area contributed by atoms with Crippen LogP contribution in [-0.2, 0) is 23.7 Å². The lowest BCUT2D eigenvalue weighted by Crippen LogP contribution is -2.69. The van der Waals surface area contributed by atoms with Gasteiger partial charge in [-0.05, 0) is 52.4 Å². The number of rotatable bonds is 15. The second kappa shape index (κ2) is 17.1. The molecule has 45 heavy (non-hydrogen) atoms. The number of guanidine groups is 1. The van der Waals surface area contributed by atoms with E-state index in [1.54, 1.807) is 7.05 Å². The van der Waals surface area contributed by atoms with E-state index in [-0.39, 0.29) is 32.0 Å². The van der Waals surface area contributed by atoms with Crippen LogP contribution in [0, 0.1) is 0 Å². The summed E-state index contributed by atoms with van der Waals surface area (Å²) in [5, 5.41) is 52.5. The summed E-state index contributed by atoms with van der Waals surface area (Å²) < 4.78 is 23.9. The van der Waals surface area contributed by atoms with Gasteiger partial charge in [0.2, 0.25) is 12.2 Å². The normalized spacial score (nSPS) is 37.7. The van der Waals surface area contributed by atoms with Gasteiger partial charge in [-0.25, -0.2) is 0 Å². The van der Waals surface area contributed by atoms with Crippen molar-refractivity contribution in [2.24, 2.45) is 33.7 Å². The topological polar surface area (TPSA) is 313 Å². The zero-order valence-electron chi connectivity index (χ0n) is 26.0. The summed E-state index contributed by atoms with van der Waals surface area (Å²) in [7, 11) is 1.57. The van der Waals surface area contributed by atoms with E-state index in [2.05, 4.69) is 20.9 Å². The highest BCUT2D eigenvalue weighted by molar-refractivity contribution is 5.81. The first kappa shape index (κ1) is 37.3. The molecule has 12 atom stereocenters. The number of carbonyl (C=O) groups is 1. The summed E-state index contributed by atoms with van der Waals surface area (Å²) in [4.78, 5) is 16.7. The van der Waals surface area contributed by atoms with Gasteiger partial charge in [-0.2, -0.15) is 0 Å². The smallest absolute Gasteiger partial charge is 0.249 e. The number of nitrogens with two attached hydrogens (primary N) is 5. The Bertz CT molecular complexity index is 1000. The number of hydrogen-bond acceptors (Lipinski definition) is 15. The fourth-order valence-corrected chi connectivity index (χ4v) is 5.68. The fourth-order valence-electron chi connectivity index (χ4n) is 5.68. The van der Waals surface area contributed by atoms with Crippen LogP contribution in [0.5, 0.6) is 0 Å². The predicted octanol–water partition coefficient (Wildman–Crippen LogP) is -5.69. The molecule has 0 aromatic rings. The molecule has 0 aromatic heterocycles. The Balaban J connectivity index is 1.77. The largest absolute Gasteiger partial charge is 0.467 e. The molecule has 17 N–H and O–H groups in total. The molecule has 0 radical (unpaired) electrons. The van der Waals surface area contributed by atoms with Crippen molar-refractivity contribution in [2.45, 2.75) is 105 Å². The van der Waals surface area contributed by atoms with Crippen molar-refractivity contribution in [2.75, 3.05) is 39.8 Å². The minimum absolute atomic E-state index is 0.00757. The summed E-state index contributed by atoms with van der Waals surface area (Å²) >= 11 is 0. The molecule has 0 bridgehead atoms. The van der Waals surface area contributed by atoms with Gasteiger partial charge >= 0.3 is 0 Å². The zero-order valence-corrected chi connectivity index (χ0v) is 26.0. The van der Waals surface area contributed by atoms with Gasteiger partial charge in [0.05, 0.1) is 31.3 Å². The van der Waals surface area contributed by atoms with E-state index in [4.69, 9.17) is 47.6 Å². The number of amides is 1. The van der Waals surface area contributed by atoms with Gasteiger partial charge in [0.1, 0.15) is 41.9 Å². The number of carbonyl (C=O) groups excluding carboxylic acids is 1. The van der Waals surface area contributed by atoms with E-state index in [1.807, 2.05) is 6.08 Å². The molecular weight excluding hydrogens is 594 g/mol. The van der Waals surface area contributed by atoms with E-state index in [0.717, 1.165) is 6.42 Å². The second-order valence-corrected chi connectivity index (χ2v) is 12.0. The Morgan fingerprint density at radius 3 is 2.56 bits per heavy atom. The molecule has 1 aliphatic carbocycles. The van der Waals surface area contributed by atoms with Crippen LogP contribution in [0.15, 0.2) is 16.8 Å².